The highest BCUT2D eigenvalue weighted by molar-refractivity contribution is 5.75. The summed E-state index contributed by atoms with van der Waals surface area (Å²) in [5.41, 5.74) is 0. The summed E-state index contributed by atoms with van der Waals surface area (Å²) in [5.74, 6) is -0.0549. The summed E-state index contributed by atoms with van der Waals surface area (Å²) in [5, 5.41) is 6.61. The Bertz CT molecular complexity index is 246. The number of carbonyl (C=O) groups is 1. The summed E-state index contributed by atoms with van der Waals surface area (Å²) in [4.78, 5) is 11.2. The van der Waals surface area contributed by atoms with Crippen LogP contribution in [-0.2, 0) is 16.1 Å². The van der Waals surface area contributed by atoms with Crippen LogP contribution in [-0.4, -0.2) is 35.9 Å². The van der Waals surface area contributed by atoms with E-state index in [0.717, 1.165) is 0 Å². The predicted octanol–water partition coefficient (Wildman–Crippen LogP) is -0.354. The molecule has 0 fully saturated rings. The van der Waals surface area contributed by atoms with Crippen LogP contribution in [0.5, 0.6) is 0 Å². The number of methoxy groups -OCH3 is 1. The first kappa shape index (κ1) is 9.73. The average Bonchev–Trinajstić information content (AvgIpc) is 2.57. The molecule has 0 unspecified atom stereocenters. The first-order valence-corrected chi connectivity index (χ1v) is 4.06. The maximum absolute atomic E-state index is 11.2. The zero-order chi connectivity index (χ0) is 9.52. The van der Waals surface area contributed by atoms with Gasteiger partial charge in [0.15, 0.2) is 0 Å². The monoisotopic (exact) mass is 183 g/mol. The number of aromatic nitrogens is 2. The fourth-order valence-electron chi connectivity index (χ4n) is 0.890. The molecule has 5 heteroatoms. The molecule has 0 aliphatic rings. The van der Waals surface area contributed by atoms with Crippen LogP contribution in [0.3, 0.4) is 0 Å². The van der Waals surface area contributed by atoms with Gasteiger partial charge in [0.1, 0.15) is 6.54 Å². The minimum absolute atomic E-state index is 0.0549. The number of amides is 1. The van der Waals surface area contributed by atoms with Crippen LogP contribution in [0.25, 0.3) is 0 Å². The fraction of sp³-hybridized carbons (Fsp3) is 0.500. The summed E-state index contributed by atoms with van der Waals surface area (Å²) in [6.45, 7) is 1.33. The van der Waals surface area contributed by atoms with Crippen molar-refractivity contribution in [2.24, 2.45) is 0 Å². The fourth-order valence-corrected chi connectivity index (χ4v) is 0.890. The molecule has 1 N–H and O–H groups in total. The minimum atomic E-state index is -0.0549. The quantitative estimate of drug-likeness (QED) is 0.634. The van der Waals surface area contributed by atoms with Crippen molar-refractivity contribution in [2.45, 2.75) is 6.54 Å². The average molecular weight is 183 g/mol. The van der Waals surface area contributed by atoms with E-state index in [1.165, 1.54) is 0 Å². The van der Waals surface area contributed by atoms with Crippen molar-refractivity contribution in [1.29, 1.82) is 0 Å². The number of ether oxygens (including phenoxy) is 1. The van der Waals surface area contributed by atoms with E-state index < -0.39 is 0 Å². The van der Waals surface area contributed by atoms with Gasteiger partial charge < -0.3 is 10.1 Å². The molecule has 72 valence electrons. The molecule has 1 rings (SSSR count). The molecule has 5 nitrogen and oxygen atoms in total. The SMILES string of the molecule is COCCNC(=O)Cn1cccn1. The molecular weight excluding hydrogens is 170 g/mol. The molecular formula is C8H13N3O2. The summed E-state index contributed by atoms with van der Waals surface area (Å²) in [6.07, 6.45) is 3.39. The highest BCUT2D eigenvalue weighted by Gasteiger charge is 2.00. The first-order valence-electron chi connectivity index (χ1n) is 4.06. The molecule has 0 saturated carbocycles. The largest absolute Gasteiger partial charge is 0.383 e. The Morgan fingerprint density at radius 1 is 1.69 bits per heavy atom. The van der Waals surface area contributed by atoms with Crippen LogP contribution < -0.4 is 5.32 Å². The van der Waals surface area contributed by atoms with Crippen LogP contribution in [0.15, 0.2) is 18.5 Å². The Kier molecular flexibility index (Phi) is 3.98. The van der Waals surface area contributed by atoms with E-state index in [1.807, 2.05) is 0 Å². The molecule has 0 bridgehead atoms. The number of hydrogen-bond donors (Lipinski definition) is 1. The van der Waals surface area contributed by atoms with Gasteiger partial charge in [0.25, 0.3) is 0 Å². The van der Waals surface area contributed by atoms with Gasteiger partial charge in [0, 0.05) is 26.0 Å². The zero-order valence-corrected chi connectivity index (χ0v) is 7.56. The number of hydrogen-bond acceptors (Lipinski definition) is 3. The van der Waals surface area contributed by atoms with Gasteiger partial charge in [-0.25, -0.2) is 0 Å². The summed E-state index contributed by atoms with van der Waals surface area (Å²) >= 11 is 0. The van der Waals surface area contributed by atoms with Crippen molar-refractivity contribution < 1.29 is 9.53 Å². The molecule has 0 aromatic carbocycles. The molecule has 1 aromatic heterocycles. The Hall–Kier alpha value is -1.36. The highest BCUT2D eigenvalue weighted by atomic mass is 16.5. The number of rotatable bonds is 5. The van der Waals surface area contributed by atoms with Crippen molar-refractivity contribution in [2.75, 3.05) is 20.3 Å². The second-order valence-corrected chi connectivity index (χ2v) is 2.55. The van der Waals surface area contributed by atoms with Crippen LogP contribution in [0, 0.1) is 0 Å². The lowest BCUT2D eigenvalue weighted by Crippen LogP contribution is -2.30. The van der Waals surface area contributed by atoms with Crippen LogP contribution in [0.2, 0.25) is 0 Å². The molecule has 0 radical (unpaired) electrons. The smallest absolute Gasteiger partial charge is 0.241 e. The van der Waals surface area contributed by atoms with E-state index in [9.17, 15) is 4.79 Å². The van der Waals surface area contributed by atoms with Crippen LogP contribution in [0.1, 0.15) is 0 Å². The van der Waals surface area contributed by atoms with E-state index in [2.05, 4.69) is 10.4 Å². The lowest BCUT2D eigenvalue weighted by Gasteiger charge is -2.03. The second-order valence-electron chi connectivity index (χ2n) is 2.55. The molecule has 0 atom stereocenters. The van der Waals surface area contributed by atoms with Gasteiger partial charge in [0.2, 0.25) is 5.91 Å². The van der Waals surface area contributed by atoms with E-state index in [0.29, 0.717) is 13.2 Å². The summed E-state index contributed by atoms with van der Waals surface area (Å²) < 4.78 is 6.36. The van der Waals surface area contributed by atoms with Gasteiger partial charge in [-0.2, -0.15) is 5.10 Å². The molecule has 1 amide bonds. The predicted molar refractivity (Wildman–Crippen MR) is 47.1 cm³/mol. The third-order valence-corrected chi connectivity index (χ3v) is 1.49. The first-order chi connectivity index (χ1) is 6.33. The number of nitrogens with one attached hydrogen (secondary N) is 1. The topological polar surface area (TPSA) is 56.1 Å². The van der Waals surface area contributed by atoms with Gasteiger partial charge in [0.05, 0.1) is 6.61 Å². The Morgan fingerprint density at radius 2 is 2.54 bits per heavy atom. The van der Waals surface area contributed by atoms with Crippen molar-refractivity contribution >= 4 is 5.91 Å². The van der Waals surface area contributed by atoms with Gasteiger partial charge in [-0.05, 0) is 6.07 Å². The third kappa shape index (κ3) is 3.71. The van der Waals surface area contributed by atoms with E-state index in [1.54, 1.807) is 30.3 Å². The molecule has 0 aliphatic carbocycles. The normalized spacial score (nSPS) is 9.92. The standard InChI is InChI=1S/C8H13N3O2/c1-13-6-4-9-8(12)7-11-5-2-3-10-11/h2-3,5H,4,6-7H2,1H3,(H,9,12). The number of carbonyl (C=O) groups excluding carboxylic acids is 1. The van der Waals surface area contributed by atoms with E-state index in [-0.39, 0.29) is 12.5 Å². The van der Waals surface area contributed by atoms with Crippen molar-refractivity contribution in [3.8, 4) is 0 Å². The molecule has 13 heavy (non-hydrogen) atoms. The van der Waals surface area contributed by atoms with Crippen molar-refractivity contribution in [1.82, 2.24) is 15.1 Å². The third-order valence-electron chi connectivity index (χ3n) is 1.49. The summed E-state index contributed by atoms with van der Waals surface area (Å²) in [6, 6.07) is 1.78. The van der Waals surface area contributed by atoms with E-state index >= 15 is 0 Å². The highest BCUT2D eigenvalue weighted by Crippen LogP contribution is 1.83. The number of nitrogens with zero attached hydrogens (tertiary/aromatic N) is 2. The van der Waals surface area contributed by atoms with Crippen molar-refractivity contribution in [3.63, 3.8) is 0 Å². The van der Waals surface area contributed by atoms with Crippen molar-refractivity contribution in [3.05, 3.63) is 18.5 Å². The molecule has 1 heterocycles. The second kappa shape index (κ2) is 5.31. The summed E-state index contributed by atoms with van der Waals surface area (Å²) in [7, 11) is 1.60. The molecule has 1 aromatic rings. The maximum Gasteiger partial charge on any atom is 0.241 e. The van der Waals surface area contributed by atoms with Gasteiger partial charge in [-0.3, -0.25) is 9.48 Å². The minimum Gasteiger partial charge on any atom is -0.383 e. The van der Waals surface area contributed by atoms with Crippen LogP contribution >= 0.6 is 0 Å². The Labute approximate surface area is 76.7 Å². The Morgan fingerprint density at radius 3 is 3.15 bits per heavy atom. The zero-order valence-electron chi connectivity index (χ0n) is 7.56. The van der Waals surface area contributed by atoms with Gasteiger partial charge in [-0.15, -0.1) is 0 Å². The lowest BCUT2D eigenvalue weighted by atomic mass is 10.5. The molecule has 0 aliphatic heterocycles. The lowest BCUT2D eigenvalue weighted by molar-refractivity contribution is -0.122. The Balaban J connectivity index is 2.18. The van der Waals surface area contributed by atoms with Crippen LogP contribution in [0.4, 0.5) is 0 Å². The molecule has 0 spiro atoms. The van der Waals surface area contributed by atoms with E-state index in [4.69, 9.17) is 4.74 Å². The van der Waals surface area contributed by atoms with Gasteiger partial charge >= 0.3 is 0 Å². The van der Waals surface area contributed by atoms with Gasteiger partial charge in [-0.1, -0.05) is 0 Å². The maximum atomic E-state index is 11.2. The molecule has 0 saturated heterocycles.